The number of fused-ring (bicyclic) bond motifs is 2. The van der Waals surface area contributed by atoms with Crippen LogP contribution < -0.4 is 0 Å². The zero-order valence-electron chi connectivity index (χ0n) is 16.1. The molecule has 3 aliphatic rings. The minimum Gasteiger partial charge on any atom is -0.462 e. The largest absolute Gasteiger partial charge is 0.462 e. The molecular weight excluding hydrogens is 300 g/mol. The smallest absolute Gasteiger partial charge is 0.305 e. The van der Waals surface area contributed by atoms with Crippen molar-refractivity contribution in [1.82, 2.24) is 0 Å². The van der Waals surface area contributed by atoms with Crippen LogP contribution in [0, 0.1) is 23.7 Å². The van der Waals surface area contributed by atoms with Crippen LogP contribution in [-0.2, 0) is 14.3 Å². The molecule has 4 unspecified atom stereocenters. The normalized spacial score (nSPS) is 39.7. The molecule has 3 rings (SSSR count). The lowest BCUT2D eigenvalue weighted by Crippen LogP contribution is -2.57. The topological polar surface area (TPSA) is 35.5 Å². The average molecular weight is 337 g/mol. The molecule has 0 spiro atoms. The van der Waals surface area contributed by atoms with Crippen LogP contribution in [0.1, 0.15) is 85.5 Å². The van der Waals surface area contributed by atoms with Crippen LogP contribution in [0.3, 0.4) is 0 Å². The number of esters is 1. The first kappa shape index (κ1) is 18.2. The van der Waals surface area contributed by atoms with Gasteiger partial charge in [0.1, 0.15) is 6.10 Å². The van der Waals surface area contributed by atoms with Gasteiger partial charge in [0.15, 0.2) is 0 Å². The summed E-state index contributed by atoms with van der Waals surface area (Å²) >= 11 is 0. The van der Waals surface area contributed by atoms with Crippen LogP contribution in [-0.4, -0.2) is 23.8 Å². The van der Waals surface area contributed by atoms with Gasteiger partial charge in [-0.05, 0) is 58.3 Å². The second-order valence-corrected chi connectivity index (χ2v) is 9.23. The van der Waals surface area contributed by atoms with Gasteiger partial charge >= 0.3 is 5.97 Å². The third kappa shape index (κ3) is 3.81. The zero-order valence-corrected chi connectivity index (χ0v) is 16.1. The lowest BCUT2D eigenvalue weighted by Gasteiger charge is -2.55. The van der Waals surface area contributed by atoms with Crippen molar-refractivity contribution in [3.63, 3.8) is 0 Å². The highest BCUT2D eigenvalue weighted by Crippen LogP contribution is 2.53. The number of carbonyl (C=O) groups excluding carboxylic acids is 1. The molecule has 0 bridgehead atoms. The first-order valence-corrected chi connectivity index (χ1v) is 10.3. The molecule has 0 aromatic heterocycles. The highest BCUT2D eigenvalue weighted by Gasteiger charge is 2.53. The van der Waals surface area contributed by atoms with Crippen LogP contribution >= 0.6 is 0 Å². The maximum Gasteiger partial charge on any atom is 0.305 e. The summed E-state index contributed by atoms with van der Waals surface area (Å²) < 4.78 is 12.7. The molecule has 3 nitrogen and oxygen atoms in total. The van der Waals surface area contributed by atoms with Crippen molar-refractivity contribution in [2.75, 3.05) is 0 Å². The first-order chi connectivity index (χ1) is 11.4. The van der Waals surface area contributed by atoms with Crippen LogP contribution in [0.5, 0.6) is 0 Å². The minimum atomic E-state index is -0.0956. The van der Waals surface area contributed by atoms with Crippen LogP contribution in [0.2, 0.25) is 0 Å². The average Bonchev–Trinajstić information content (AvgIpc) is 2.56. The van der Waals surface area contributed by atoms with Crippen molar-refractivity contribution < 1.29 is 14.3 Å². The SMILES string of the molecule is CCC(=O)OC1C2CCCCC2C(OC(C)(C)C)C2CCCCC21. The monoisotopic (exact) mass is 336 g/mol. The number of ether oxygens (including phenoxy) is 2. The van der Waals surface area contributed by atoms with Crippen LogP contribution in [0.15, 0.2) is 0 Å². The third-order valence-corrected chi connectivity index (χ3v) is 6.48. The van der Waals surface area contributed by atoms with Crippen LogP contribution in [0.4, 0.5) is 0 Å². The predicted molar refractivity (Wildman–Crippen MR) is 95.7 cm³/mol. The number of hydrogen-bond acceptors (Lipinski definition) is 3. The Kier molecular flexibility index (Phi) is 5.58. The standard InChI is InChI=1S/C21H36O3/c1-5-18(22)23-19-14-10-6-8-12-16(14)20(24-21(2,3)4)17-13-9-7-11-15(17)19/h14-17,19-20H,5-13H2,1-4H3. The highest BCUT2D eigenvalue weighted by molar-refractivity contribution is 5.69. The van der Waals surface area contributed by atoms with Gasteiger partial charge in [-0.15, -0.1) is 0 Å². The lowest BCUT2D eigenvalue weighted by molar-refractivity contribution is -0.210. The molecule has 4 atom stereocenters. The summed E-state index contributed by atoms with van der Waals surface area (Å²) in [5, 5.41) is 0. The van der Waals surface area contributed by atoms with E-state index in [-0.39, 0.29) is 17.7 Å². The Morgan fingerprint density at radius 3 is 1.62 bits per heavy atom. The fraction of sp³-hybridized carbons (Fsp3) is 0.952. The zero-order chi connectivity index (χ0) is 17.3. The minimum absolute atomic E-state index is 0.0103. The van der Waals surface area contributed by atoms with Crippen molar-refractivity contribution >= 4 is 5.97 Å². The van der Waals surface area contributed by atoms with Crippen LogP contribution in [0.25, 0.3) is 0 Å². The quantitative estimate of drug-likeness (QED) is 0.671. The lowest BCUT2D eigenvalue weighted by atomic mass is 9.56. The van der Waals surface area contributed by atoms with E-state index in [2.05, 4.69) is 20.8 Å². The van der Waals surface area contributed by atoms with Crippen molar-refractivity contribution in [2.24, 2.45) is 23.7 Å². The molecule has 3 aliphatic carbocycles. The Bertz CT molecular complexity index is 415. The summed E-state index contributed by atoms with van der Waals surface area (Å²) in [4.78, 5) is 12.1. The van der Waals surface area contributed by atoms with E-state index in [9.17, 15) is 4.79 Å². The van der Waals surface area contributed by atoms with E-state index < -0.39 is 0 Å². The Balaban J connectivity index is 1.88. The van der Waals surface area contributed by atoms with Crippen molar-refractivity contribution in [1.29, 1.82) is 0 Å². The van der Waals surface area contributed by atoms with Gasteiger partial charge in [0.25, 0.3) is 0 Å². The van der Waals surface area contributed by atoms with Gasteiger partial charge < -0.3 is 9.47 Å². The Morgan fingerprint density at radius 2 is 1.25 bits per heavy atom. The number of carbonyl (C=O) groups is 1. The van der Waals surface area contributed by atoms with Gasteiger partial charge in [0.2, 0.25) is 0 Å². The molecule has 0 N–H and O–H groups in total. The van der Waals surface area contributed by atoms with E-state index in [1.807, 2.05) is 6.92 Å². The second kappa shape index (κ2) is 7.35. The van der Waals surface area contributed by atoms with Crippen molar-refractivity contribution in [3.05, 3.63) is 0 Å². The molecule has 0 aromatic rings. The molecule has 0 amide bonds. The van der Waals surface area contributed by atoms with E-state index in [4.69, 9.17) is 9.47 Å². The first-order valence-electron chi connectivity index (χ1n) is 10.3. The highest BCUT2D eigenvalue weighted by atomic mass is 16.5. The molecule has 0 aromatic carbocycles. The summed E-state index contributed by atoms with van der Waals surface area (Å²) in [6.45, 7) is 8.47. The van der Waals surface area contributed by atoms with E-state index in [1.54, 1.807) is 0 Å². The summed E-state index contributed by atoms with van der Waals surface area (Å²) in [5.41, 5.74) is -0.0956. The number of rotatable bonds is 3. The maximum absolute atomic E-state index is 12.1. The van der Waals surface area contributed by atoms with Crippen molar-refractivity contribution in [2.45, 2.75) is 103 Å². The third-order valence-electron chi connectivity index (χ3n) is 6.48. The molecule has 0 heterocycles. The van der Waals surface area contributed by atoms with E-state index >= 15 is 0 Å². The molecule has 0 radical (unpaired) electrons. The van der Waals surface area contributed by atoms with E-state index in [0.717, 1.165) is 0 Å². The maximum atomic E-state index is 12.1. The molecule has 3 heteroatoms. The molecule has 3 fully saturated rings. The molecular formula is C21H36O3. The summed E-state index contributed by atoms with van der Waals surface area (Å²) in [6.07, 6.45) is 11.1. The van der Waals surface area contributed by atoms with Gasteiger partial charge in [-0.1, -0.05) is 32.6 Å². The van der Waals surface area contributed by atoms with E-state index in [1.165, 1.54) is 51.4 Å². The molecule has 24 heavy (non-hydrogen) atoms. The Labute approximate surface area is 147 Å². The van der Waals surface area contributed by atoms with Gasteiger partial charge in [-0.25, -0.2) is 0 Å². The predicted octanol–water partition coefficient (Wildman–Crippen LogP) is 5.12. The summed E-state index contributed by atoms with van der Waals surface area (Å²) in [7, 11) is 0. The Hall–Kier alpha value is -0.570. The summed E-state index contributed by atoms with van der Waals surface area (Å²) in [6, 6.07) is 0. The molecule has 138 valence electrons. The molecule has 0 saturated heterocycles. The van der Waals surface area contributed by atoms with Crippen molar-refractivity contribution in [3.8, 4) is 0 Å². The fourth-order valence-corrected chi connectivity index (χ4v) is 5.64. The summed E-state index contributed by atoms with van der Waals surface area (Å²) in [5.74, 6) is 2.17. The van der Waals surface area contributed by atoms with Gasteiger partial charge in [0, 0.05) is 18.3 Å². The Morgan fingerprint density at radius 1 is 0.833 bits per heavy atom. The van der Waals surface area contributed by atoms with E-state index in [0.29, 0.717) is 36.2 Å². The molecule has 0 aliphatic heterocycles. The van der Waals surface area contributed by atoms with Gasteiger partial charge in [-0.3, -0.25) is 4.79 Å². The van der Waals surface area contributed by atoms with Gasteiger partial charge in [-0.2, -0.15) is 0 Å². The number of hydrogen-bond donors (Lipinski definition) is 0. The van der Waals surface area contributed by atoms with Gasteiger partial charge in [0.05, 0.1) is 11.7 Å². The molecule has 3 saturated carbocycles. The fourth-order valence-electron chi connectivity index (χ4n) is 5.64. The second-order valence-electron chi connectivity index (χ2n) is 9.23.